The van der Waals surface area contributed by atoms with Gasteiger partial charge in [0.25, 0.3) is 5.56 Å². The van der Waals surface area contributed by atoms with Crippen LogP contribution in [0.2, 0.25) is 0 Å². The van der Waals surface area contributed by atoms with Crippen LogP contribution in [0.4, 0.5) is 5.95 Å². The van der Waals surface area contributed by atoms with E-state index in [9.17, 15) is 24.9 Å². The van der Waals surface area contributed by atoms with E-state index in [1.165, 1.54) is 19.6 Å². The number of nitrogen functional groups attached to an aromatic ring is 1. The molecule has 3 aromatic heterocycles. The molecule has 0 bridgehead atoms. The third-order valence-electron chi connectivity index (χ3n) is 5.67. The van der Waals surface area contributed by atoms with Crippen molar-refractivity contribution in [2.24, 2.45) is 0 Å². The van der Waals surface area contributed by atoms with Gasteiger partial charge in [-0.25, -0.2) is 9.78 Å². The molecule has 15 nitrogen and oxygen atoms in total. The predicted molar refractivity (Wildman–Crippen MR) is 116 cm³/mol. The molecule has 7 N–H and O–H groups in total. The molecule has 0 saturated carbocycles. The number of imidazole rings is 1. The number of pyridine rings is 1. The van der Waals surface area contributed by atoms with Gasteiger partial charge in [-0.15, -0.1) is 0 Å². The van der Waals surface area contributed by atoms with Crippen LogP contribution in [0.3, 0.4) is 0 Å². The van der Waals surface area contributed by atoms with Crippen molar-refractivity contribution in [2.45, 2.75) is 50.8 Å². The number of hydrogen-bond donors (Lipinski definition) is 6. The van der Waals surface area contributed by atoms with E-state index in [2.05, 4.69) is 19.9 Å². The second-order valence-electron chi connectivity index (χ2n) is 7.93. The van der Waals surface area contributed by atoms with E-state index in [1.54, 1.807) is 11.5 Å². The van der Waals surface area contributed by atoms with Gasteiger partial charge in [0.2, 0.25) is 5.95 Å². The maximum atomic E-state index is 12.0. The highest BCUT2D eigenvalue weighted by molar-refractivity contribution is 5.73. The number of carbonyl (C=O) groups is 1. The van der Waals surface area contributed by atoms with Crippen LogP contribution in [0.25, 0.3) is 11.2 Å². The third-order valence-corrected chi connectivity index (χ3v) is 5.67. The first-order chi connectivity index (χ1) is 16.6. The van der Waals surface area contributed by atoms with Crippen LogP contribution in [-0.2, 0) is 27.4 Å². The summed E-state index contributed by atoms with van der Waals surface area (Å²) < 4.78 is 17.7. The van der Waals surface area contributed by atoms with E-state index in [-0.39, 0.29) is 30.3 Å². The van der Waals surface area contributed by atoms with Gasteiger partial charge < -0.3 is 44.9 Å². The first-order valence-electron chi connectivity index (χ1n) is 10.4. The molecule has 1 saturated heterocycles. The molecule has 4 rings (SSSR count). The van der Waals surface area contributed by atoms with Crippen molar-refractivity contribution in [1.82, 2.24) is 24.5 Å². The number of aliphatic hydroxyl groups is 3. The Bertz CT molecular complexity index is 1310. The number of nitrogens with two attached hydrogens (primary N) is 1. The summed E-state index contributed by atoms with van der Waals surface area (Å²) in [5.41, 5.74) is 7.26. The van der Waals surface area contributed by atoms with E-state index < -0.39 is 42.2 Å². The van der Waals surface area contributed by atoms with E-state index >= 15 is 0 Å². The van der Waals surface area contributed by atoms with E-state index in [1.807, 2.05) is 0 Å². The number of carboxylic acid groups (broad SMARTS) is 1. The van der Waals surface area contributed by atoms with Crippen LogP contribution < -0.4 is 16.0 Å². The molecule has 188 valence electrons. The van der Waals surface area contributed by atoms with Crippen molar-refractivity contribution < 1.29 is 39.4 Å². The maximum absolute atomic E-state index is 12.0. The third kappa shape index (κ3) is 4.54. The Labute approximate surface area is 196 Å². The summed E-state index contributed by atoms with van der Waals surface area (Å²) in [6.07, 6.45) is -5.67. The number of aromatic amines is 1. The Balaban J connectivity index is 1.55. The molecule has 4 heterocycles. The SMILES string of the molecule is COc1c(CO[C@@H]2O[C@H](C(=O)O)[C@@H](O)[C@H](O)[C@H]2O)cnc(Cn2cnc3c(=O)[nH]c(N)nc32)c1C. The largest absolute Gasteiger partial charge is 0.496 e. The quantitative estimate of drug-likeness (QED) is 0.207. The highest BCUT2D eigenvalue weighted by Crippen LogP contribution is 2.29. The highest BCUT2D eigenvalue weighted by atomic mass is 16.7. The minimum absolute atomic E-state index is 0.0473. The number of nitrogens with one attached hydrogen (secondary N) is 1. The molecule has 0 amide bonds. The van der Waals surface area contributed by atoms with Gasteiger partial charge in [0.15, 0.2) is 23.6 Å². The molecule has 15 heteroatoms. The van der Waals surface area contributed by atoms with Crippen LogP contribution >= 0.6 is 0 Å². The van der Waals surface area contributed by atoms with E-state index in [0.29, 0.717) is 22.6 Å². The molecule has 0 spiro atoms. The Kier molecular flexibility index (Phi) is 6.68. The molecule has 5 atom stereocenters. The first-order valence-corrected chi connectivity index (χ1v) is 10.4. The van der Waals surface area contributed by atoms with Crippen molar-refractivity contribution in [3.8, 4) is 5.75 Å². The Morgan fingerprint density at radius 1 is 1.26 bits per heavy atom. The smallest absolute Gasteiger partial charge is 0.335 e. The van der Waals surface area contributed by atoms with Crippen molar-refractivity contribution in [3.05, 3.63) is 39.7 Å². The zero-order valence-electron chi connectivity index (χ0n) is 18.7. The number of hydrogen-bond acceptors (Lipinski definition) is 12. The van der Waals surface area contributed by atoms with Gasteiger partial charge in [0, 0.05) is 17.3 Å². The van der Waals surface area contributed by atoms with Crippen LogP contribution in [0.1, 0.15) is 16.8 Å². The average molecular weight is 492 g/mol. The summed E-state index contributed by atoms with van der Waals surface area (Å²) in [5, 5.41) is 39.0. The topological polar surface area (TPSA) is 228 Å². The first kappa shape index (κ1) is 24.5. The fraction of sp³-hybridized carbons (Fsp3) is 0.450. The Hall–Kier alpha value is -3.63. The monoisotopic (exact) mass is 492 g/mol. The summed E-state index contributed by atoms with van der Waals surface area (Å²) in [4.78, 5) is 38.3. The van der Waals surface area contributed by atoms with Crippen molar-refractivity contribution in [2.75, 3.05) is 12.8 Å². The van der Waals surface area contributed by atoms with Crippen LogP contribution in [0, 0.1) is 6.92 Å². The lowest BCUT2D eigenvalue weighted by Crippen LogP contribution is -2.60. The fourth-order valence-corrected chi connectivity index (χ4v) is 3.84. The Morgan fingerprint density at radius 2 is 2.00 bits per heavy atom. The molecule has 0 unspecified atom stereocenters. The van der Waals surface area contributed by atoms with Gasteiger partial charge in [-0.2, -0.15) is 4.98 Å². The lowest BCUT2D eigenvalue weighted by molar-refractivity contribution is -0.297. The molecule has 0 radical (unpaired) electrons. The molecule has 3 aromatic rings. The normalized spacial score (nSPS) is 24.5. The number of ether oxygens (including phenoxy) is 3. The number of fused-ring (bicyclic) bond motifs is 1. The summed E-state index contributed by atoms with van der Waals surface area (Å²) >= 11 is 0. The molecule has 35 heavy (non-hydrogen) atoms. The number of carboxylic acids is 1. The summed E-state index contributed by atoms with van der Waals surface area (Å²) in [7, 11) is 1.44. The summed E-state index contributed by atoms with van der Waals surface area (Å²) in [5.74, 6) is -1.15. The number of rotatable bonds is 7. The van der Waals surface area contributed by atoms with Gasteiger partial charge in [-0.3, -0.25) is 14.8 Å². The second kappa shape index (κ2) is 9.55. The van der Waals surface area contributed by atoms with Crippen LogP contribution in [0.15, 0.2) is 17.3 Å². The van der Waals surface area contributed by atoms with Gasteiger partial charge in [-0.1, -0.05) is 0 Å². The van der Waals surface area contributed by atoms with E-state index in [4.69, 9.17) is 25.1 Å². The number of H-pyrrole nitrogens is 1. The lowest BCUT2D eigenvalue weighted by atomic mass is 9.99. The standard InChI is InChI=1S/C20H24N6O9/c1-7-9(4-26-6-23-10-16(26)24-20(21)25-17(10)30)22-3-8(14(7)33-2)5-34-19-13(29)11(27)12(28)15(35-19)18(31)32/h3,6,11-13,15,19,27-29H,4-5H2,1-2H3,(H,31,32)(H3,21,24,25,30)/t11-,12-,13+,15-,19+/m0/s1. The zero-order valence-corrected chi connectivity index (χ0v) is 18.7. The molecule has 1 aliphatic heterocycles. The second-order valence-corrected chi connectivity index (χ2v) is 7.93. The van der Waals surface area contributed by atoms with Gasteiger partial charge in [0.1, 0.15) is 24.1 Å². The maximum Gasteiger partial charge on any atom is 0.335 e. The lowest BCUT2D eigenvalue weighted by Gasteiger charge is -2.38. The minimum Gasteiger partial charge on any atom is -0.496 e. The number of methoxy groups -OCH3 is 1. The van der Waals surface area contributed by atoms with Crippen molar-refractivity contribution >= 4 is 23.1 Å². The number of anilines is 1. The molecular weight excluding hydrogens is 468 g/mol. The number of aliphatic carboxylic acids is 1. The summed E-state index contributed by atoms with van der Waals surface area (Å²) in [6.45, 7) is 1.74. The molecule has 1 aliphatic rings. The predicted octanol–water partition coefficient (Wildman–Crippen LogP) is -2.13. The molecule has 1 fully saturated rings. The van der Waals surface area contributed by atoms with Gasteiger partial charge in [0.05, 0.1) is 32.3 Å². The number of aliphatic hydroxyl groups excluding tert-OH is 3. The van der Waals surface area contributed by atoms with Gasteiger partial charge in [-0.05, 0) is 6.92 Å². The fourth-order valence-electron chi connectivity index (χ4n) is 3.84. The zero-order chi connectivity index (χ0) is 25.4. The van der Waals surface area contributed by atoms with Crippen LogP contribution in [0.5, 0.6) is 5.75 Å². The van der Waals surface area contributed by atoms with Crippen molar-refractivity contribution in [3.63, 3.8) is 0 Å². The summed E-state index contributed by atoms with van der Waals surface area (Å²) in [6, 6.07) is 0. The van der Waals surface area contributed by atoms with Gasteiger partial charge >= 0.3 is 5.97 Å². The van der Waals surface area contributed by atoms with E-state index in [0.717, 1.165) is 0 Å². The van der Waals surface area contributed by atoms with Crippen LogP contribution in [-0.4, -0.2) is 88.7 Å². The molecule has 0 aliphatic carbocycles. The molecular formula is C20H24N6O9. The van der Waals surface area contributed by atoms with Crippen molar-refractivity contribution in [1.29, 1.82) is 0 Å². The minimum atomic E-state index is -1.82. The number of aromatic nitrogens is 5. The molecule has 0 aromatic carbocycles. The average Bonchev–Trinajstić information content (AvgIpc) is 3.21. The number of nitrogens with zero attached hydrogens (tertiary/aromatic N) is 4. The Morgan fingerprint density at radius 3 is 2.69 bits per heavy atom. The highest BCUT2D eigenvalue weighted by Gasteiger charge is 2.47.